The SMILES string of the molecule is CCCO[C@@H]1CN(C2CCC(O)(c3ccc(C)cn3)CC2)C[C@@H]1NC(=O)CNC(=O)c1cccc(C(F)(F)F)c1. The summed E-state index contributed by atoms with van der Waals surface area (Å²) in [5.74, 6) is -1.20. The van der Waals surface area contributed by atoms with Crippen molar-refractivity contribution >= 4 is 11.8 Å². The largest absolute Gasteiger partial charge is 0.416 e. The van der Waals surface area contributed by atoms with Crippen LogP contribution in [-0.2, 0) is 21.3 Å². The number of nitrogens with one attached hydrogen (secondary N) is 2. The first-order valence-electron chi connectivity index (χ1n) is 13.7. The number of benzene rings is 1. The molecule has 0 unspecified atom stereocenters. The second kappa shape index (κ2) is 12.7. The van der Waals surface area contributed by atoms with Crippen molar-refractivity contribution in [1.82, 2.24) is 20.5 Å². The van der Waals surface area contributed by atoms with Gasteiger partial charge in [-0.05, 0) is 68.9 Å². The van der Waals surface area contributed by atoms with Gasteiger partial charge in [0.1, 0.15) is 5.60 Å². The molecule has 0 radical (unpaired) electrons. The van der Waals surface area contributed by atoms with E-state index < -0.39 is 29.2 Å². The predicted molar refractivity (Wildman–Crippen MR) is 142 cm³/mol. The molecular weight excluding hydrogens is 525 g/mol. The summed E-state index contributed by atoms with van der Waals surface area (Å²) in [5, 5.41) is 16.6. The van der Waals surface area contributed by atoms with Crippen molar-refractivity contribution in [3.63, 3.8) is 0 Å². The Morgan fingerprint density at radius 2 is 1.93 bits per heavy atom. The fourth-order valence-electron chi connectivity index (χ4n) is 5.48. The third-order valence-corrected chi connectivity index (χ3v) is 7.73. The third-order valence-electron chi connectivity index (χ3n) is 7.73. The summed E-state index contributed by atoms with van der Waals surface area (Å²) in [5.41, 5.74) is -0.313. The van der Waals surface area contributed by atoms with Crippen LogP contribution < -0.4 is 10.6 Å². The lowest BCUT2D eigenvalue weighted by molar-refractivity contribution is -0.137. The Morgan fingerprint density at radius 3 is 2.58 bits per heavy atom. The maximum Gasteiger partial charge on any atom is 0.416 e. The number of halogens is 3. The zero-order chi connectivity index (χ0) is 28.9. The zero-order valence-corrected chi connectivity index (χ0v) is 22.8. The molecule has 0 spiro atoms. The van der Waals surface area contributed by atoms with E-state index in [9.17, 15) is 27.9 Å². The minimum Gasteiger partial charge on any atom is -0.384 e. The monoisotopic (exact) mass is 562 g/mol. The van der Waals surface area contributed by atoms with E-state index in [1.54, 1.807) is 6.20 Å². The molecular formula is C29H37F3N4O4. The molecule has 1 aliphatic heterocycles. The number of carbonyl (C=O) groups excluding carboxylic acids is 2. The summed E-state index contributed by atoms with van der Waals surface area (Å²) < 4.78 is 44.9. The summed E-state index contributed by atoms with van der Waals surface area (Å²) in [6, 6.07) is 7.84. The molecule has 1 aromatic carbocycles. The van der Waals surface area contributed by atoms with Gasteiger partial charge >= 0.3 is 6.18 Å². The lowest BCUT2D eigenvalue weighted by atomic mass is 9.79. The summed E-state index contributed by atoms with van der Waals surface area (Å²) in [6.45, 7) is 5.33. The van der Waals surface area contributed by atoms with E-state index in [1.165, 1.54) is 6.07 Å². The summed E-state index contributed by atoms with van der Waals surface area (Å²) in [4.78, 5) is 31.8. The van der Waals surface area contributed by atoms with E-state index >= 15 is 0 Å². The molecule has 1 saturated heterocycles. The van der Waals surface area contributed by atoms with Gasteiger partial charge in [0, 0.05) is 37.5 Å². The predicted octanol–water partition coefficient (Wildman–Crippen LogP) is 3.56. The molecule has 218 valence electrons. The van der Waals surface area contributed by atoms with Crippen LogP contribution in [0.3, 0.4) is 0 Å². The highest BCUT2D eigenvalue weighted by Gasteiger charge is 2.42. The molecule has 2 amide bonds. The molecule has 8 nitrogen and oxygen atoms in total. The average Bonchev–Trinajstić information content (AvgIpc) is 3.33. The van der Waals surface area contributed by atoms with Crippen LogP contribution in [-0.4, -0.2) is 71.2 Å². The van der Waals surface area contributed by atoms with Crippen LogP contribution in [0.2, 0.25) is 0 Å². The second-order valence-corrected chi connectivity index (χ2v) is 10.8. The standard InChI is InChI=1S/C29H37F3N4O4/c1-3-13-40-24-18-36(22-9-11-28(39,12-10-22)25-8-7-19(2)15-33-25)17-23(24)35-26(37)16-34-27(38)20-5-4-6-21(14-20)29(30,31)32/h4-8,14-15,22-24,39H,3,9-13,16-18H2,1-2H3,(H,34,38)(H,35,37)/t22?,23-,24+,28?/m0/s1. The van der Waals surface area contributed by atoms with Gasteiger partial charge in [0.05, 0.1) is 29.9 Å². The van der Waals surface area contributed by atoms with Crippen molar-refractivity contribution in [3.8, 4) is 0 Å². The van der Waals surface area contributed by atoms with E-state index in [4.69, 9.17) is 4.74 Å². The highest BCUT2D eigenvalue weighted by Crippen LogP contribution is 2.38. The van der Waals surface area contributed by atoms with Gasteiger partial charge in [-0.3, -0.25) is 19.5 Å². The molecule has 2 aliphatic rings. The molecule has 1 aromatic heterocycles. The first-order valence-corrected chi connectivity index (χ1v) is 13.7. The Hall–Kier alpha value is -3.02. The van der Waals surface area contributed by atoms with Crippen LogP contribution in [0, 0.1) is 6.92 Å². The van der Waals surface area contributed by atoms with E-state index in [0.29, 0.717) is 38.2 Å². The molecule has 1 saturated carbocycles. The van der Waals surface area contributed by atoms with Gasteiger partial charge in [0.15, 0.2) is 0 Å². The first kappa shape index (κ1) is 30.0. The van der Waals surface area contributed by atoms with Gasteiger partial charge in [-0.25, -0.2) is 0 Å². The summed E-state index contributed by atoms with van der Waals surface area (Å²) >= 11 is 0. The highest BCUT2D eigenvalue weighted by atomic mass is 19.4. The number of aryl methyl sites for hydroxylation is 1. The Bertz CT molecular complexity index is 1170. The molecule has 40 heavy (non-hydrogen) atoms. The molecule has 3 N–H and O–H groups in total. The molecule has 4 rings (SSSR count). The van der Waals surface area contributed by atoms with Crippen LogP contribution in [0.1, 0.15) is 66.2 Å². The fourth-order valence-corrected chi connectivity index (χ4v) is 5.48. The van der Waals surface area contributed by atoms with Crippen molar-refractivity contribution in [1.29, 1.82) is 0 Å². The van der Waals surface area contributed by atoms with Gasteiger partial charge in [-0.15, -0.1) is 0 Å². The van der Waals surface area contributed by atoms with Gasteiger partial charge < -0.3 is 20.5 Å². The molecule has 0 bridgehead atoms. The number of pyridine rings is 1. The number of nitrogens with zero attached hydrogens (tertiary/aromatic N) is 2. The van der Waals surface area contributed by atoms with Gasteiger partial charge in [0.25, 0.3) is 5.91 Å². The third kappa shape index (κ3) is 7.38. The van der Waals surface area contributed by atoms with Crippen molar-refractivity contribution in [2.75, 3.05) is 26.2 Å². The number of rotatable bonds is 9. The Labute approximate surface area is 232 Å². The quantitative estimate of drug-likeness (QED) is 0.432. The lowest BCUT2D eigenvalue weighted by Crippen LogP contribution is -2.48. The molecule has 2 aromatic rings. The fraction of sp³-hybridized carbons (Fsp3) is 0.552. The molecule has 11 heteroatoms. The number of alkyl halides is 3. The van der Waals surface area contributed by atoms with Crippen molar-refractivity contribution in [2.24, 2.45) is 0 Å². The normalized spacial score (nSPS) is 25.5. The van der Waals surface area contributed by atoms with E-state index in [2.05, 4.69) is 20.5 Å². The maximum absolute atomic E-state index is 13.0. The zero-order valence-electron chi connectivity index (χ0n) is 22.8. The average molecular weight is 563 g/mol. The van der Waals surface area contributed by atoms with Crippen LogP contribution in [0.15, 0.2) is 42.6 Å². The maximum atomic E-state index is 13.0. The van der Waals surface area contributed by atoms with Crippen molar-refractivity contribution < 1.29 is 32.6 Å². The minimum atomic E-state index is -4.57. The number of carbonyl (C=O) groups is 2. The second-order valence-electron chi connectivity index (χ2n) is 10.8. The van der Waals surface area contributed by atoms with Crippen LogP contribution in [0.4, 0.5) is 13.2 Å². The van der Waals surface area contributed by atoms with Crippen LogP contribution in [0.5, 0.6) is 0 Å². The number of hydrogen-bond donors (Lipinski definition) is 3. The van der Waals surface area contributed by atoms with Crippen LogP contribution >= 0.6 is 0 Å². The lowest BCUT2D eigenvalue weighted by Gasteiger charge is -2.39. The summed E-state index contributed by atoms with van der Waals surface area (Å²) in [7, 11) is 0. The Morgan fingerprint density at radius 1 is 1.18 bits per heavy atom. The smallest absolute Gasteiger partial charge is 0.384 e. The molecule has 2 atom stereocenters. The highest BCUT2D eigenvalue weighted by molar-refractivity contribution is 5.96. The van der Waals surface area contributed by atoms with Gasteiger partial charge in [0.2, 0.25) is 5.91 Å². The van der Waals surface area contributed by atoms with Crippen molar-refractivity contribution in [2.45, 2.75) is 75.9 Å². The van der Waals surface area contributed by atoms with E-state index in [0.717, 1.165) is 43.0 Å². The topological polar surface area (TPSA) is 104 Å². The van der Waals surface area contributed by atoms with Crippen molar-refractivity contribution in [3.05, 3.63) is 65.0 Å². The first-order chi connectivity index (χ1) is 19.0. The van der Waals surface area contributed by atoms with E-state index in [1.807, 2.05) is 26.0 Å². The van der Waals surface area contributed by atoms with E-state index in [-0.39, 0.29) is 30.3 Å². The van der Waals surface area contributed by atoms with Crippen LogP contribution in [0.25, 0.3) is 0 Å². The number of hydrogen-bond acceptors (Lipinski definition) is 6. The number of amides is 2. The number of aromatic nitrogens is 1. The number of ether oxygens (including phenoxy) is 1. The van der Waals surface area contributed by atoms with Gasteiger partial charge in [-0.1, -0.05) is 19.1 Å². The molecule has 2 fully saturated rings. The Balaban J connectivity index is 1.31. The number of likely N-dealkylation sites (tertiary alicyclic amines) is 1. The molecule has 1 aliphatic carbocycles. The Kier molecular flexibility index (Phi) is 9.48. The number of aliphatic hydroxyl groups is 1. The minimum absolute atomic E-state index is 0.170. The summed E-state index contributed by atoms with van der Waals surface area (Å²) in [6.07, 6.45) is 0.523. The molecule has 2 heterocycles. The van der Waals surface area contributed by atoms with Gasteiger partial charge in [-0.2, -0.15) is 13.2 Å².